The molecule has 27 heavy (non-hydrogen) atoms. The van der Waals surface area contributed by atoms with E-state index in [1.807, 2.05) is 18.0 Å². The van der Waals surface area contributed by atoms with Gasteiger partial charge in [-0.3, -0.25) is 4.79 Å². The van der Waals surface area contributed by atoms with Crippen LogP contribution < -0.4 is 9.47 Å². The third-order valence-electron chi connectivity index (χ3n) is 5.90. The van der Waals surface area contributed by atoms with Crippen molar-refractivity contribution in [2.45, 2.75) is 57.0 Å². The van der Waals surface area contributed by atoms with Crippen LogP contribution in [-0.2, 0) is 9.53 Å². The highest BCUT2D eigenvalue weighted by Gasteiger charge is 2.33. The number of methoxy groups -OCH3 is 2. The SMILES string of the molecule is COc1ccc(C(CCN(C)C(=O)CC2CCCCO2)C2CC2)cc1OC. The molecule has 1 saturated heterocycles. The summed E-state index contributed by atoms with van der Waals surface area (Å²) in [6, 6.07) is 6.22. The Balaban J connectivity index is 1.57. The zero-order chi connectivity index (χ0) is 19.2. The van der Waals surface area contributed by atoms with E-state index in [0.29, 0.717) is 18.3 Å². The smallest absolute Gasteiger partial charge is 0.224 e. The van der Waals surface area contributed by atoms with Crippen molar-refractivity contribution in [3.63, 3.8) is 0 Å². The van der Waals surface area contributed by atoms with Crippen molar-refractivity contribution in [2.75, 3.05) is 34.4 Å². The second-order valence-electron chi connectivity index (χ2n) is 7.86. The van der Waals surface area contributed by atoms with E-state index in [-0.39, 0.29) is 12.0 Å². The maximum atomic E-state index is 12.5. The van der Waals surface area contributed by atoms with E-state index in [1.165, 1.54) is 24.8 Å². The normalized spacial score (nSPS) is 20.8. The summed E-state index contributed by atoms with van der Waals surface area (Å²) in [5.41, 5.74) is 1.28. The molecule has 0 N–H and O–H groups in total. The van der Waals surface area contributed by atoms with Gasteiger partial charge in [0.15, 0.2) is 11.5 Å². The standard InChI is InChI=1S/C22H33NO4/c1-23(22(24)15-18-6-4-5-13-27-18)12-11-19(16-7-8-16)17-9-10-20(25-2)21(14-17)26-3/h9-10,14,16,18-19H,4-8,11-13,15H2,1-3H3. The summed E-state index contributed by atoms with van der Waals surface area (Å²) in [7, 11) is 5.25. The molecule has 3 rings (SSSR count). The first-order valence-corrected chi connectivity index (χ1v) is 10.2. The Morgan fingerprint density at radius 3 is 2.59 bits per heavy atom. The molecule has 2 unspecified atom stereocenters. The van der Waals surface area contributed by atoms with Gasteiger partial charge in [0.2, 0.25) is 5.91 Å². The van der Waals surface area contributed by atoms with E-state index in [0.717, 1.165) is 43.9 Å². The minimum Gasteiger partial charge on any atom is -0.493 e. The van der Waals surface area contributed by atoms with Crippen LogP contribution in [0.1, 0.15) is 56.4 Å². The molecule has 2 aliphatic rings. The Morgan fingerprint density at radius 2 is 1.96 bits per heavy atom. The number of carbonyl (C=O) groups excluding carboxylic acids is 1. The Hall–Kier alpha value is -1.75. The molecule has 1 heterocycles. The van der Waals surface area contributed by atoms with E-state index in [1.54, 1.807) is 14.2 Å². The molecule has 2 atom stereocenters. The van der Waals surface area contributed by atoms with Crippen LogP contribution in [-0.4, -0.2) is 51.3 Å². The van der Waals surface area contributed by atoms with Gasteiger partial charge < -0.3 is 19.1 Å². The predicted molar refractivity (Wildman–Crippen MR) is 105 cm³/mol. The molecular formula is C22H33NO4. The van der Waals surface area contributed by atoms with Crippen LogP contribution in [0, 0.1) is 5.92 Å². The molecule has 1 aliphatic heterocycles. The van der Waals surface area contributed by atoms with Crippen LogP contribution in [0.4, 0.5) is 0 Å². The first-order valence-electron chi connectivity index (χ1n) is 10.2. The van der Waals surface area contributed by atoms with Gasteiger partial charge in [0.05, 0.1) is 26.7 Å². The number of rotatable bonds is 9. The van der Waals surface area contributed by atoms with E-state index < -0.39 is 0 Å². The molecular weight excluding hydrogens is 342 g/mol. The van der Waals surface area contributed by atoms with Gasteiger partial charge in [-0.1, -0.05) is 6.07 Å². The molecule has 2 fully saturated rings. The fourth-order valence-electron chi connectivity index (χ4n) is 4.03. The van der Waals surface area contributed by atoms with Gasteiger partial charge in [-0.15, -0.1) is 0 Å². The number of nitrogens with zero attached hydrogens (tertiary/aromatic N) is 1. The third kappa shape index (κ3) is 5.38. The van der Waals surface area contributed by atoms with Gasteiger partial charge in [-0.05, 0) is 68.1 Å². The average molecular weight is 376 g/mol. The Bertz CT molecular complexity index is 623. The second-order valence-corrected chi connectivity index (χ2v) is 7.86. The van der Waals surface area contributed by atoms with E-state index >= 15 is 0 Å². The largest absolute Gasteiger partial charge is 0.493 e. The molecule has 0 bridgehead atoms. The lowest BCUT2D eigenvalue weighted by atomic mass is 9.90. The molecule has 5 nitrogen and oxygen atoms in total. The summed E-state index contributed by atoms with van der Waals surface area (Å²) in [6.07, 6.45) is 7.45. The van der Waals surface area contributed by atoms with E-state index in [2.05, 4.69) is 12.1 Å². The van der Waals surface area contributed by atoms with Crippen molar-refractivity contribution in [1.29, 1.82) is 0 Å². The highest BCUT2D eigenvalue weighted by Crippen LogP contribution is 2.46. The highest BCUT2D eigenvalue weighted by atomic mass is 16.5. The molecule has 1 aromatic rings. The van der Waals surface area contributed by atoms with Gasteiger partial charge in [-0.2, -0.15) is 0 Å². The van der Waals surface area contributed by atoms with Crippen molar-refractivity contribution in [3.05, 3.63) is 23.8 Å². The molecule has 1 amide bonds. The summed E-state index contributed by atoms with van der Waals surface area (Å²) >= 11 is 0. The predicted octanol–water partition coefficient (Wildman–Crippen LogP) is 4.01. The fourth-order valence-corrected chi connectivity index (χ4v) is 4.03. The van der Waals surface area contributed by atoms with Crippen molar-refractivity contribution >= 4 is 5.91 Å². The van der Waals surface area contributed by atoms with Crippen molar-refractivity contribution < 1.29 is 19.0 Å². The van der Waals surface area contributed by atoms with Crippen LogP contribution in [0.15, 0.2) is 18.2 Å². The van der Waals surface area contributed by atoms with Gasteiger partial charge in [0.1, 0.15) is 0 Å². The number of hydrogen-bond donors (Lipinski definition) is 0. The second kappa shape index (κ2) is 9.45. The monoisotopic (exact) mass is 375 g/mol. The fraction of sp³-hybridized carbons (Fsp3) is 0.682. The van der Waals surface area contributed by atoms with E-state index in [9.17, 15) is 4.79 Å². The molecule has 0 radical (unpaired) electrons. The number of benzene rings is 1. The molecule has 1 aliphatic carbocycles. The maximum Gasteiger partial charge on any atom is 0.224 e. The van der Waals surface area contributed by atoms with Crippen LogP contribution >= 0.6 is 0 Å². The topological polar surface area (TPSA) is 48.0 Å². The van der Waals surface area contributed by atoms with Gasteiger partial charge in [0, 0.05) is 20.2 Å². The minimum absolute atomic E-state index is 0.110. The molecule has 150 valence electrons. The molecule has 1 saturated carbocycles. The Kier molecular flexibility index (Phi) is 7.00. The Labute approximate surface area is 163 Å². The quantitative estimate of drug-likeness (QED) is 0.654. The van der Waals surface area contributed by atoms with Crippen molar-refractivity contribution in [3.8, 4) is 11.5 Å². The zero-order valence-corrected chi connectivity index (χ0v) is 16.9. The lowest BCUT2D eigenvalue weighted by Crippen LogP contribution is -2.33. The van der Waals surface area contributed by atoms with Crippen molar-refractivity contribution in [1.82, 2.24) is 4.90 Å². The van der Waals surface area contributed by atoms with E-state index in [4.69, 9.17) is 14.2 Å². The third-order valence-corrected chi connectivity index (χ3v) is 5.90. The average Bonchev–Trinajstić information content (AvgIpc) is 3.53. The minimum atomic E-state index is 0.110. The first-order chi connectivity index (χ1) is 13.1. The number of carbonyl (C=O) groups is 1. The molecule has 0 aromatic heterocycles. The summed E-state index contributed by atoms with van der Waals surface area (Å²) in [4.78, 5) is 14.4. The molecule has 5 heteroatoms. The van der Waals surface area contributed by atoms with Crippen molar-refractivity contribution in [2.24, 2.45) is 5.92 Å². The van der Waals surface area contributed by atoms with Gasteiger partial charge in [0.25, 0.3) is 0 Å². The molecule has 0 spiro atoms. The van der Waals surface area contributed by atoms with Gasteiger partial charge in [-0.25, -0.2) is 0 Å². The van der Waals surface area contributed by atoms with Gasteiger partial charge >= 0.3 is 0 Å². The lowest BCUT2D eigenvalue weighted by Gasteiger charge is -2.26. The first kappa shape index (κ1) is 20.0. The molecule has 1 aromatic carbocycles. The number of ether oxygens (including phenoxy) is 3. The number of hydrogen-bond acceptors (Lipinski definition) is 4. The zero-order valence-electron chi connectivity index (χ0n) is 16.9. The summed E-state index contributed by atoms with van der Waals surface area (Å²) < 4.78 is 16.5. The van der Waals surface area contributed by atoms with Crippen LogP contribution in [0.25, 0.3) is 0 Å². The number of amides is 1. The summed E-state index contributed by atoms with van der Waals surface area (Å²) in [5, 5.41) is 0. The maximum absolute atomic E-state index is 12.5. The van der Waals surface area contributed by atoms with Crippen LogP contribution in [0.3, 0.4) is 0 Å². The highest BCUT2D eigenvalue weighted by molar-refractivity contribution is 5.76. The Morgan fingerprint density at radius 1 is 1.19 bits per heavy atom. The summed E-state index contributed by atoms with van der Waals surface area (Å²) in [6.45, 7) is 1.58. The summed E-state index contributed by atoms with van der Waals surface area (Å²) in [5.74, 6) is 2.91. The van der Waals surface area contributed by atoms with Crippen LogP contribution in [0.5, 0.6) is 11.5 Å². The van der Waals surface area contributed by atoms with Crippen LogP contribution in [0.2, 0.25) is 0 Å². The lowest BCUT2D eigenvalue weighted by molar-refractivity contribution is -0.133.